The summed E-state index contributed by atoms with van der Waals surface area (Å²) in [5.74, 6) is 2.60. The van der Waals surface area contributed by atoms with Gasteiger partial charge in [-0.25, -0.2) is 0 Å². The molecule has 0 aliphatic carbocycles. The van der Waals surface area contributed by atoms with Crippen LogP contribution in [0.25, 0.3) is 0 Å². The summed E-state index contributed by atoms with van der Waals surface area (Å²) in [5.41, 5.74) is 0.478. The molecule has 0 aliphatic heterocycles. The van der Waals surface area contributed by atoms with Gasteiger partial charge in [-0.05, 0) is 29.6 Å². The summed E-state index contributed by atoms with van der Waals surface area (Å²) < 4.78 is 0. The molecule has 2 atom stereocenters. The Hall–Kier alpha value is 0. The quantitative estimate of drug-likeness (QED) is 0.574. The molecule has 0 aliphatic rings. The second-order valence-corrected chi connectivity index (χ2v) is 6.58. The Morgan fingerprint density at radius 3 is 1.71 bits per heavy atom. The number of hydrogen-bond donors (Lipinski definition) is 0. The van der Waals surface area contributed by atoms with E-state index >= 15 is 0 Å². The fourth-order valence-corrected chi connectivity index (χ4v) is 1.69. The first-order valence-corrected chi connectivity index (χ1v) is 6.23. The van der Waals surface area contributed by atoms with E-state index in [0.717, 1.165) is 17.8 Å². The van der Waals surface area contributed by atoms with Crippen molar-refractivity contribution >= 4 is 0 Å². The molecule has 0 radical (unpaired) electrons. The Balaban J connectivity index is 3.77. The monoisotopic (exact) mass is 198 g/mol. The van der Waals surface area contributed by atoms with E-state index in [9.17, 15) is 0 Å². The lowest BCUT2D eigenvalue weighted by molar-refractivity contribution is 0.212. The van der Waals surface area contributed by atoms with Crippen molar-refractivity contribution in [3.8, 4) is 0 Å². The van der Waals surface area contributed by atoms with E-state index in [1.165, 1.54) is 19.3 Å². The van der Waals surface area contributed by atoms with Crippen LogP contribution in [0.2, 0.25) is 0 Å². The van der Waals surface area contributed by atoms with Crippen LogP contribution in [0.5, 0.6) is 0 Å². The summed E-state index contributed by atoms with van der Waals surface area (Å²) in [6.45, 7) is 16.5. The third kappa shape index (κ3) is 6.45. The molecule has 0 heterocycles. The predicted octanol–water partition coefficient (Wildman–Crippen LogP) is 5.13. The van der Waals surface area contributed by atoms with Crippen LogP contribution in [0.4, 0.5) is 0 Å². The van der Waals surface area contributed by atoms with Crippen LogP contribution in [0.3, 0.4) is 0 Å². The Labute approximate surface area is 91.5 Å². The first kappa shape index (κ1) is 14.0. The van der Waals surface area contributed by atoms with Gasteiger partial charge in [-0.3, -0.25) is 0 Å². The minimum atomic E-state index is 0.478. The molecule has 0 aromatic heterocycles. The van der Waals surface area contributed by atoms with Gasteiger partial charge in [0.2, 0.25) is 0 Å². The Bertz CT molecular complexity index is 139. The van der Waals surface area contributed by atoms with Gasteiger partial charge < -0.3 is 0 Å². The van der Waals surface area contributed by atoms with Crippen molar-refractivity contribution < 1.29 is 0 Å². The summed E-state index contributed by atoms with van der Waals surface area (Å²) in [6, 6.07) is 0. The zero-order chi connectivity index (χ0) is 11.4. The molecule has 0 bridgehead atoms. The molecule has 0 nitrogen and oxygen atoms in total. The van der Waals surface area contributed by atoms with E-state index in [-0.39, 0.29) is 0 Å². The minimum absolute atomic E-state index is 0.478. The molecular formula is C14H30. The highest BCUT2D eigenvalue weighted by molar-refractivity contribution is 4.72. The maximum Gasteiger partial charge on any atom is -0.0357 e. The van der Waals surface area contributed by atoms with Gasteiger partial charge in [0.15, 0.2) is 0 Å². The molecule has 14 heavy (non-hydrogen) atoms. The maximum absolute atomic E-state index is 2.41. The van der Waals surface area contributed by atoms with E-state index in [4.69, 9.17) is 0 Å². The molecule has 0 rings (SSSR count). The molecule has 0 saturated carbocycles. The summed E-state index contributed by atoms with van der Waals surface area (Å²) >= 11 is 0. The topological polar surface area (TPSA) is 0 Å². The lowest BCUT2D eigenvalue weighted by Crippen LogP contribution is -2.19. The fraction of sp³-hybridized carbons (Fsp3) is 1.00. The first-order valence-electron chi connectivity index (χ1n) is 6.23. The largest absolute Gasteiger partial charge is 0.0628 e. The highest BCUT2D eigenvalue weighted by Crippen LogP contribution is 2.32. The fourth-order valence-electron chi connectivity index (χ4n) is 1.69. The number of rotatable bonds is 5. The molecule has 0 spiro atoms. The Kier molecular flexibility index (Phi) is 5.78. The van der Waals surface area contributed by atoms with Gasteiger partial charge >= 0.3 is 0 Å². The van der Waals surface area contributed by atoms with Crippen LogP contribution in [-0.4, -0.2) is 0 Å². The van der Waals surface area contributed by atoms with Crippen molar-refractivity contribution in [1.29, 1.82) is 0 Å². The minimum Gasteiger partial charge on any atom is -0.0628 e. The van der Waals surface area contributed by atoms with Crippen molar-refractivity contribution in [1.82, 2.24) is 0 Å². The molecule has 86 valence electrons. The van der Waals surface area contributed by atoms with E-state index in [1.807, 2.05) is 0 Å². The number of hydrogen-bond acceptors (Lipinski definition) is 0. The maximum atomic E-state index is 2.41. The van der Waals surface area contributed by atoms with Gasteiger partial charge in [-0.1, -0.05) is 61.3 Å². The Morgan fingerprint density at radius 2 is 1.36 bits per heavy atom. The van der Waals surface area contributed by atoms with Crippen molar-refractivity contribution in [3.05, 3.63) is 0 Å². The van der Waals surface area contributed by atoms with Crippen LogP contribution in [0, 0.1) is 23.2 Å². The zero-order valence-corrected chi connectivity index (χ0v) is 11.4. The van der Waals surface area contributed by atoms with Gasteiger partial charge in [0.25, 0.3) is 0 Å². The average molecular weight is 198 g/mol. The molecule has 0 N–H and O–H groups in total. The van der Waals surface area contributed by atoms with Gasteiger partial charge in [-0.15, -0.1) is 0 Å². The summed E-state index contributed by atoms with van der Waals surface area (Å²) in [4.78, 5) is 0. The molecule has 0 saturated heterocycles. The van der Waals surface area contributed by atoms with Gasteiger partial charge in [0.05, 0.1) is 0 Å². The highest BCUT2D eigenvalue weighted by Gasteiger charge is 2.21. The van der Waals surface area contributed by atoms with Gasteiger partial charge in [0.1, 0.15) is 0 Å². The zero-order valence-electron chi connectivity index (χ0n) is 11.4. The Morgan fingerprint density at radius 1 is 0.857 bits per heavy atom. The first-order chi connectivity index (χ1) is 6.23. The second kappa shape index (κ2) is 5.78. The van der Waals surface area contributed by atoms with Crippen LogP contribution in [0.15, 0.2) is 0 Å². The summed E-state index contributed by atoms with van der Waals surface area (Å²) in [6.07, 6.45) is 4.17. The average Bonchev–Trinajstić information content (AvgIpc) is 1.99. The predicted molar refractivity (Wildman–Crippen MR) is 66.5 cm³/mol. The third-order valence-electron chi connectivity index (χ3n) is 3.47. The summed E-state index contributed by atoms with van der Waals surface area (Å²) in [5, 5.41) is 0. The van der Waals surface area contributed by atoms with Crippen LogP contribution < -0.4 is 0 Å². The lowest BCUT2D eigenvalue weighted by atomic mass is 9.76. The molecule has 2 unspecified atom stereocenters. The molecule has 0 aromatic rings. The van der Waals surface area contributed by atoms with E-state index < -0.39 is 0 Å². The van der Waals surface area contributed by atoms with Crippen molar-refractivity contribution in [2.24, 2.45) is 23.2 Å². The standard InChI is InChI=1S/C14H30/c1-11(2)8-9-12(3)10-13(4)14(5,6)7/h11-13H,8-10H2,1-7H3. The summed E-state index contributed by atoms with van der Waals surface area (Å²) in [7, 11) is 0. The van der Waals surface area contributed by atoms with Crippen molar-refractivity contribution in [2.45, 2.75) is 67.7 Å². The van der Waals surface area contributed by atoms with Crippen LogP contribution in [-0.2, 0) is 0 Å². The molecular weight excluding hydrogens is 168 g/mol. The molecule has 0 heteroatoms. The van der Waals surface area contributed by atoms with E-state index in [2.05, 4.69) is 48.5 Å². The van der Waals surface area contributed by atoms with Gasteiger partial charge in [0, 0.05) is 0 Å². The van der Waals surface area contributed by atoms with Crippen LogP contribution >= 0.6 is 0 Å². The second-order valence-electron chi connectivity index (χ2n) is 6.58. The molecule has 0 fully saturated rings. The van der Waals surface area contributed by atoms with Crippen molar-refractivity contribution in [2.75, 3.05) is 0 Å². The van der Waals surface area contributed by atoms with E-state index in [0.29, 0.717) is 5.41 Å². The highest BCUT2D eigenvalue weighted by atomic mass is 14.3. The lowest BCUT2D eigenvalue weighted by Gasteiger charge is -2.29. The van der Waals surface area contributed by atoms with Crippen LogP contribution in [0.1, 0.15) is 67.7 Å². The molecule has 0 aromatic carbocycles. The molecule has 0 amide bonds. The van der Waals surface area contributed by atoms with Gasteiger partial charge in [-0.2, -0.15) is 0 Å². The van der Waals surface area contributed by atoms with Crippen molar-refractivity contribution in [3.63, 3.8) is 0 Å². The smallest absolute Gasteiger partial charge is 0.0357 e. The normalized spacial score (nSPS) is 17.1. The SMILES string of the molecule is CC(C)CCC(C)CC(C)C(C)(C)C. The third-order valence-corrected chi connectivity index (χ3v) is 3.47. The van der Waals surface area contributed by atoms with E-state index in [1.54, 1.807) is 0 Å².